The van der Waals surface area contributed by atoms with E-state index >= 15 is 0 Å². The third kappa shape index (κ3) is 2.80. The molecule has 2 N–H and O–H groups in total. The summed E-state index contributed by atoms with van der Waals surface area (Å²) >= 11 is 0. The van der Waals surface area contributed by atoms with Gasteiger partial charge in [0.1, 0.15) is 5.82 Å². The molecular weight excluding hydrogens is 238 g/mol. The Balaban J connectivity index is 2.29. The molecule has 0 spiro atoms. The van der Waals surface area contributed by atoms with E-state index in [4.69, 9.17) is 11.7 Å². The van der Waals surface area contributed by atoms with Crippen LogP contribution in [0.15, 0.2) is 30.5 Å². The second-order valence-electron chi connectivity index (χ2n) is 3.67. The van der Waals surface area contributed by atoms with Gasteiger partial charge in [-0.15, -0.1) is 6.42 Å². The number of nitriles is 1. The molecule has 1 heterocycles. The molecule has 2 aromatic rings. The van der Waals surface area contributed by atoms with Gasteiger partial charge < -0.3 is 10.6 Å². The van der Waals surface area contributed by atoms with E-state index in [0.717, 1.165) is 5.69 Å². The Bertz CT molecular complexity index is 679. The Morgan fingerprint density at radius 1 is 1.37 bits per heavy atom. The summed E-state index contributed by atoms with van der Waals surface area (Å²) in [5.41, 5.74) is 1.91. The van der Waals surface area contributed by atoms with E-state index in [2.05, 4.69) is 32.6 Å². The van der Waals surface area contributed by atoms with Crippen LogP contribution in [0.4, 0.5) is 17.5 Å². The Morgan fingerprint density at radius 3 is 2.89 bits per heavy atom. The third-order valence-corrected chi connectivity index (χ3v) is 2.43. The average molecular weight is 249 g/mol. The molecule has 0 amide bonds. The highest BCUT2D eigenvalue weighted by molar-refractivity contribution is 5.60. The van der Waals surface area contributed by atoms with Gasteiger partial charge in [-0.2, -0.15) is 10.2 Å². The number of hydrogen-bond acceptors (Lipinski definition) is 5. The monoisotopic (exact) mass is 249 g/mol. The van der Waals surface area contributed by atoms with Crippen LogP contribution < -0.4 is 10.6 Å². The normalized spacial score (nSPS) is 9.21. The van der Waals surface area contributed by atoms with Crippen LogP contribution in [0.3, 0.4) is 0 Å². The molecule has 0 fully saturated rings. The van der Waals surface area contributed by atoms with Gasteiger partial charge in [0.05, 0.1) is 23.4 Å². The maximum Gasteiger partial charge on any atom is 0.229 e. The fourth-order valence-electron chi connectivity index (χ4n) is 1.53. The number of nitrogens with zero attached hydrogens (tertiary/aromatic N) is 3. The van der Waals surface area contributed by atoms with Gasteiger partial charge in [-0.3, -0.25) is 0 Å². The summed E-state index contributed by atoms with van der Waals surface area (Å²) in [6, 6.07) is 9.14. The van der Waals surface area contributed by atoms with E-state index in [0.29, 0.717) is 22.9 Å². The first kappa shape index (κ1) is 12.4. The fraction of sp³-hybridized carbons (Fsp3) is 0.0714. The lowest BCUT2D eigenvalue weighted by molar-refractivity contribution is 1.15. The summed E-state index contributed by atoms with van der Waals surface area (Å²) in [6.45, 7) is 0. The van der Waals surface area contributed by atoms with E-state index in [1.54, 1.807) is 31.4 Å². The Kier molecular flexibility index (Phi) is 3.61. The van der Waals surface area contributed by atoms with Crippen molar-refractivity contribution in [1.29, 1.82) is 5.26 Å². The topological polar surface area (TPSA) is 73.6 Å². The molecule has 19 heavy (non-hydrogen) atoms. The molecule has 5 nitrogen and oxygen atoms in total. The number of anilines is 3. The Labute approximate surface area is 111 Å². The Hall–Kier alpha value is -3.05. The first-order valence-corrected chi connectivity index (χ1v) is 5.55. The van der Waals surface area contributed by atoms with Crippen LogP contribution >= 0.6 is 0 Å². The summed E-state index contributed by atoms with van der Waals surface area (Å²) in [4.78, 5) is 8.38. The van der Waals surface area contributed by atoms with Crippen LogP contribution in [-0.4, -0.2) is 17.0 Å². The molecule has 0 aliphatic carbocycles. The number of hydrogen-bond donors (Lipinski definition) is 2. The number of aromatic nitrogens is 2. The highest BCUT2D eigenvalue weighted by Gasteiger charge is 2.04. The molecule has 1 aromatic carbocycles. The predicted octanol–water partition coefficient (Wildman–Crippen LogP) is 2.11. The molecular formula is C14H11N5. The molecule has 0 radical (unpaired) electrons. The molecule has 0 aliphatic heterocycles. The molecule has 92 valence electrons. The van der Waals surface area contributed by atoms with Crippen LogP contribution in [-0.2, 0) is 0 Å². The second-order valence-corrected chi connectivity index (χ2v) is 3.67. The average Bonchev–Trinajstić information content (AvgIpc) is 2.47. The maximum atomic E-state index is 8.84. The fourth-order valence-corrected chi connectivity index (χ4v) is 1.53. The molecule has 2 rings (SSSR count). The van der Waals surface area contributed by atoms with E-state index in [9.17, 15) is 0 Å². The predicted molar refractivity (Wildman–Crippen MR) is 74.0 cm³/mol. The summed E-state index contributed by atoms with van der Waals surface area (Å²) in [5.74, 6) is 3.49. The molecule has 5 heteroatoms. The minimum Gasteiger partial charge on any atom is -0.372 e. The summed E-state index contributed by atoms with van der Waals surface area (Å²) in [6.07, 6.45) is 6.91. The van der Waals surface area contributed by atoms with Crippen molar-refractivity contribution in [1.82, 2.24) is 9.97 Å². The van der Waals surface area contributed by atoms with Gasteiger partial charge in [-0.25, -0.2) is 4.98 Å². The van der Waals surface area contributed by atoms with Crippen molar-refractivity contribution in [2.45, 2.75) is 0 Å². The van der Waals surface area contributed by atoms with Crippen molar-refractivity contribution in [3.05, 3.63) is 41.6 Å². The summed E-state index contributed by atoms with van der Waals surface area (Å²) < 4.78 is 0. The molecule has 0 saturated carbocycles. The quantitative estimate of drug-likeness (QED) is 0.815. The molecule has 0 bridgehead atoms. The summed E-state index contributed by atoms with van der Waals surface area (Å²) in [7, 11) is 1.74. The number of nitrogens with one attached hydrogen (secondary N) is 2. The zero-order valence-electron chi connectivity index (χ0n) is 10.3. The molecule has 0 atom stereocenters. The highest BCUT2D eigenvalue weighted by Crippen LogP contribution is 2.17. The van der Waals surface area contributed by atoms with E-state index in [-0.39, 0.29) is 0 Å². The lowest BCUT2D eigenvalue weighted by Gasteiger charge is -2.08. The first-order valence-electron chi connectivity index (χ1n) is 5.55. The molecule has 0 aliphatic rings. The molecule has 0 unspecified atom stereocenters. The van der Waals surface area contributed by atoms with E-state index in [1.165, 1.54) is 0 Å². The van der Waals surface area contributed by atoms with Crippen molar-refractivity contribution in [3.63, 3.8) is 0 Å². The number of benzene rings is 1. The first-order chi connectivity index (χ1) is 9.26. The zero-order valence-corrected chi connectivity index (χ0v) is 10.3. The van der Waals surface area contributed by atoms with E-state index in [1.807, 2.05) is 6.07 Å². The van der Waals surface area contributed by atoms with Gasteiger partial charge in [0.2, 0.25) is 5.95 Å². The highest BCUT2D eigenvalue weighted by atomic mass is 15.1. The van der Waals surface area contributed by atoms with Crippen molar-refractivity contribution in [2.75, 3.05) is 17.7 Å². The number of rotatable bonds is 3. The van der Waals surface area contributed by atoms with Gasteiger partial charge in [0.15, 0.2) is 0 Å². The van der Waals surface area contributed by atoms with Crippen LogP contribution in [0.2, 0.25) is 0 Å². The largest absolute Gasteiger partial charge is 0.372 e. The van der Waals surface area contributed by atoms with Gasteiger partial charge in [-0.1, -0.05) is 12.0 Å². The third-order valence-electron chi connectivity index (χ3n) is 2.43. The zero-order chi connectivity index (χ0) is 13.7. The summed E-state index contributed by atoms with van der Waals surface area (Å²) in [5, 5.41) is 14.8. The van der Waals surface area contributed by atoms with Crippen LogP contribution in [0.25, 0.3) is 0 Å². The standard InChI is InChI=1S/C14H11N5/c1-3-11-9-17-14(19-13(11)16-2)18-12-6-4-5-10(7-12)8-15/h1,4-7,9H,2H3,(H2,16,17,18,19). The van der Waals surface area contributed by atoms with Crippen molar-refractivity contribution < 1.29 is 0 Å². The second kappa shape index (κ2) is 5.52. The van der Waals surface area contributed by atoms with Crippen LogP contribution in [0, 0.1) is 23.7 Å². The van der Waals surface area contributed by atoms with Crippen molar-refractivity contribution in [3.8, 4) is 18.4 Å². The van der Waals surface area contributed by atoms with E-state index < -0.39 is 0 Å². The molecule has 0 saturated heterocycles. The van der Waals surface area contributed by atoms with Crippen molar-refractivity contribution in [2.24, 2.45) is 0 Å². The minimum absolute atomic E-state index is 0.415. The lowest BCUT2D eigenvalue weighted by Crippen LogP contribution is -2.02. The molecule has 1 aromatic heterocycles. The van der Waals surface area contributed by atoms with Crippen LogP contribution in [0.5, 0.6) is 0 Å². The number of terminal acetylenes is 1. The SMILES string of the molecule is C#Cc1cnc(Nc2cccc(C#N)c2)nc1NC. The smallest absolute Gasteiger partial charge is 0.229 e. The van der Waals surface area contributed by atoms with Gasteiger partial charge in [0.25, 0.3) is 0 Å². The maximum absolute atomic E-state index is 8.84. The lowest BCUT2D eigenvalue weighted by atomic mass is 10.2. The van der Waals surface area contributed by atoms with Gasteiger partial charge >= 0.3 is 0 Å². The van der Waals surface area contributed by atoms with Gasteiger partial charge in [-0.05, 0) is 18.2 Å². The van der Waals surface area contributed by atoms with Gasteiger partial charge in [0, 0.05) is 12.7 Å². The Morgan fingerprint density at radius 2 is 2.21 bits per heavy atom. The van der Waals surface area contributed by atoms with Crippen LogP contribution in [0.1, 0.15) is 11.1 Å². The van der Waals surface area contributed by atoms with Crippen molar-refractivity contribution >= 4 is 17.5 Å². The minimum atomic E-state index is 0.415.